The van der Waals surface area contributed by atoms with Crippen LogP contribution in [-0.2, 0) is 30.3 Å². The summed E-state index contributed by atoms with van der Waals surface area (Å²) in [4.78, 5) is 14.9. The van der Waals surface area contributed by atoms with Crippen molar-refractivity contribution in [3.05, 3.63) is 83.8 Å². The van der Waals surface area contributed by atoms with Crippen LogP contribution in [0.1, 0.15) is 45.7 Å². The van der Waals surface area contributed by atoms with E-state index in [0.717, 1.165) is 38.6 Å². The van der Waals surface area contributed by atoms with Crippen LogP contribution >= 0.6 is 0 Å². The molecule has 0 aliphatic heterocycles. The Hall–Kier alpha value is -3.05. The van der Waals surface area contributed by atoms with E-state index in [-0.39, 0.29) is 37.1 Å². The SMILES string of the molecule is CC(=O)/C=C(/C)O.Cc1ccc2c(oc3ccnc(-c4[c-]c5ccccc5c(C(C)(C)C)c4)c32)c1[Si](C)(C)C.[Ir]. The van der Waals surface area contributed by atoms with E-state index in [2.05, 4.69) is 95.9 Å². The van der Waals surface area contributed by atoms with E-state index in [1.165, 1.54) is 41.6 Å². The van der Waals surface area contributed by atoms with Crippen LogP contribution in [0, 0.1) is 13.0 Å². The molecular formula is C34H38IrNO3Si-. The number of hydrogen-bond donors (Lipinski definition) is 1. The molecule has 0 aliphatic carbocycles. The number of nitrogens with zero attached hydrogens (tertiary/aromatic N) is 1. The van der Waals surface area contributed by atoms with Gasteiger partial charge in [0, 0.05) is 48.8 Å². The summed E-state index contributed by atoms with van der Waals surface area (Å²) in [6.07, 6.45) is 3.03. The molecule has 5 aromatic rings. The van der Waals surface area contributed by atoms with Gasteiger partial charge in [0.1, 0.15) is 11.2 Å². The van der Waals surface area contributed by atoms with Gasteiger partial charge in [-0.1, -0.05) is 81.7 Å². The van der Waals surface area contributed by atoms with Gasteiger partial charge in [-0.2, -0.15) is 0 Å². The average molecular weight is 729 g/mol. The summed E-state index contributed by atoms with van der Waals surface area (Å²) >= 11 is 0. The molecule has 0 saturated heterocycles. The number of furan rings is 1. The first-order valence-electron chi connectivity index (χ1n) is 13.3. The normalized spacial score (nSPS) is 12.3. The van der Waals surface area contributed by atoms with Gasteiger partial charge in [-0.05, 0) is 43.0 Å². The predicted octanol–water partition coefficient (Wildman–Crippen LogP) is 8.79. The van der Waals surface area contributed by atoms with Gasteiger partial charge in [-0.15, -0.1) is 29.1 Å². The molecule has 1 radical (unpaired) electrons. The number of hydrogen-bond acceptors (Lipinski definition) is 4. The van der Waals surface area contributed by atoms with Gasteiger partial charge in [0.05, 0.1) is 13.8 Å². The van der Waals surface area contributed by atoms with E-state index in [1.807, 2.05) is 12.3 Å². The summed E-state index contributed by atoms with van der Waals surface area (Å²) in [5.74, 6) is -0.0625. The van der Waals surface area contributed by atoms with Gasteiger partial charge in [-0.3, -0.25) is 9.78 Å². The van der Waals surface area contributed by atoms with Crippen molar-refractivity contribution in [1.29, 1.82) is 0 Å². The van der Waals surface area contributed by atoms with Crippen LogP contribution in [0.4, 0.5) is 0 Å². The van der Waals surface area contributed by atoms with Gasteiger partial charge >= 0.3 is 0 Å². The molecule has 211 valence electrons. The third-order valence-corrected chi connectivity index (χ3v) is 8.88. The van der Waals surface area contributed by atoms with Gasteiger partial charge < -0.3 is 9.52 Å². The van der Waals surface area contributed by atoms with Crippen molar-refractivity contribution < 1.29 is 34.4 Å². The minimum atomic E-state index is -1.59. The largest absolute Gasteiger partial charge is 0.512 e. The topological polar surface area (TPSA) is 63.3 Å². The van der Waals surface area contributed by atoms with E-state index in [0.29, 0.717) is 0 Å². The Labute approximate surface area is 251 Å². The first kappa shape index (κ1) is 31.5. The summed E-state index contributed by atoms with van der Waals surface area (Å²) in [6, 6.07) is 20.9. The second-order valence-electron chi connectivity index (χ2n) is 12.3. The van der Waals surface area contributed by atoms with Crippen molar-refractivity contribution in [2.24, 2.45) is 0 Å². The van der Waals surface area contributed by atoms with Crippen LogP contribution in [0.15, 0.2) is 71.0 Å². The first-order chi connectivity index (χ1) is 18.2. The Morgan fingerprint density at radius 1 is 1.02 bits per heavy atom. The number of carbonyl (C=O) groups excluding carboxylic acids is 1. The van der Waals surface area contributed by atoms with Crippen LogP contribution in [0.25, 0.3) is 44.0 Å². The molecule has 0 unspecified atom stereocenters. The summed E-state index contributed by atoms with van der Waals surface area (Å²) in [5.41, 5.74) is 6.54. The van der Waals surface area contributed by atoms with Crippen LogP contribution in [0.5, 0.6) is 0 Å². The second kappa shape index (κ2) is 11.8. The number of rotatable bonds is 3. The van der Waals surface area contributed by atoms with Gasteiger partial charge in [0.15, 0.2) is 5.78 Å². The summed E-state index contributed by atoms with van der Waals surface area (Å²) in [5, 5.41) is 14.4. The van der Waals surface area contributed by atoms with Gasteiger partial charge in [0.25, 0.3) is 0 Å². The maximum absolute atomic E-state index is 10.0. The molecule has 0 aliphatic rings. The van der Waals surface area contributed by atoms with Crippen LogP contribution in [0.2, 0.25) is 19.6 Å². The van der Waals surface area contributed by atoms with Crippen molar-refractivity contribution in [3.63, 3.8) is 0 Å². The second-order valence-corrected chi connectivity index (χ2v) is 17.3. The minimum absolute atomic E-state index is 0. The molecule has 0 spiro atoms. The smallest absolute Gasteiger partial charge is 0.155 e. The standard InChI is InChI=1S/C29H30NOSi.C5H8O2.Ir/c1-18-12-13-22-25-24(31-27(22)28(18)32(5,6)7)14-15-30-26(25)20-16-19-10-8-9-11-21(19)23(17-20)29(2,3)4;1-4(6)3-5(2)7;/h8-15,17H,1-7H3;3,6H,1-2H3;/q-1;;/b;4-3-;. The molecule has 3 aromatic carbocycles. The van der Waals surface area contributed by atoms with E-state index in [1.54, 1.807) is 0 Å². The molecule has 4 nitrogen and oxygen atoms in total. The molecule has 0 saturated carbocycles. The number of aromatic nitrogens is 1. The molecule has 0 fully saturated rings. The van der Waals surface area contributed by atoms with Crippen LogP contribution < -0.4 is 5.19 Å². The monoisotopic (exact) mass is 729 g/mol. The first-order valence-corrected chi connectivity index (χ1v) is 16.8. The molecule has 0 bridgehead atoms. The molecule has 6 heteroatoms. The molecule has 2 aromatic heterocycles. The fourth-order valence-electron chi connectivity index (χ4n) is 5.29. The quantitative estimate of drug-likeness (QED) is 0.0874. The number of aliphatic hydroxyl groups is 1. The molecule has 0 atom stereocenters. The van der Waals surface area contributed by atoms with E-state index >= 15 is 0 Å². The minimum Gasteiger partial charge on any atom is -0.512 e. The number of ketones is 1. The predicted molar refractivity (Wildman–Crippen MR) is 167 cm³/mol. The fourth-order valence-corrected chi connectivity index (χ4v) is 7.43. The Balaban J connectivity index is 0.000000492. The van der Waals surface area contributed by atoms with Crippen LogP contribution in [0.3, 0.4) is 0 Å². The number of fused-ring (bicyclic) bond motifs is 4. The maximum atomic E-state index is 10.0. The Morgan fingerprint density at radius 3 is 2.27 bits per heavy atom. The number of aryl methyl sites for hydroxylation is 1. The molecule has 40 heavy (non-hydrogen) atoms. The molecule has 5 rings (SSSR count). The Bertz CT molecular complexity index is 1730. The zero-order chi connectivity index (χ0) is 28.7. The van der Waals surface area contributed by atoms with Crippen LogP contribution in [-0.4, -0.2) is 23.9 Å². The zero-order valence-electron chi connectivity index (χ0n) is 24.8. The number of carbonyl (C=O) groups is 1. The van der Waals surface area contributed by atoms with E-state index in [4.69, 9.17) is 14.5 Å². The third kappa shape index (κ3) is 6.46. The third-order valence-electron chi connectivity index (χ3n) is 6.76. The van der Waals surface area contributed by atoms with Crippen molar-refractivity contribution in [1.82, 2.24) is 4.98 Å². The fraction of sp³-hybridized carbons (Fsp3) is 0.294. The molecule has 0 amide bonds. The van der Waals surface area contributed by atoms with Gasteiger partial charge in [0.2, 0.25) is 0 Å². The van der Waals surface area contributed by atoms with Crippen molar-refractivity contribution >= 4 is 51.8 Å². The van der Waals surface area contributed by atoms with E-state index < -0.39 is 8.07 Å². The number of benzene rings is 3. The van der Waals surface area contributed by atoms with Crippen molar-refractivity contribution in [2.75, 3.05) is 0 Å². The Kier molecular flexibility index (Phi) is 9.30. The Morgan fingerprint density at radius 2 is 1.70 bits per heavy atom. The molecule has 2 heterocycles. The number of pyridine rings is 1. The van der Waals surface area contributed by atoms with E-state index in [9.17, 15) is 4.79 Å². The van der Waals surface area contributed by atoms with Crippen molar-refractivity contribution in [2.45, 2.75) is 66.6 Å². The summed E-state index contributed by atoms with van der Waals surface area (Å²) in [7, 11) is -1.59. The average Bonchev–Trinajstić information content (AvgIpc) is 3.19. The molecule has 1 N–H and O–H groups in total. The molecular weight excluding hydrogens is 691 g/mol. The zero-order valence-corrected chi connectivity index (χ0v) is 28.2. The number of aliphatic hydroxyl groups excluding tert-OH is 1. The summed E-state index contributed by atoms with van der Waals surface area (Å²) in [6.45, 7) is 19.0. The maximum Gasteiger partial charge on any atom is 0.155 e. The van der Waals surface area contributed by atoms with Gasteiger partial charge in [-0.25, -0.2) is 0 Å². The van der Waals surface area contributed by atoms with Crippen molar-refractivity contribution in [3.8, 4) is 11.3 Å². The number of allylic oxidation sites excluding steroid dienone is 2. The summed E-state index contributed by atoms with van der Waals surface area (Å²) < 4.78 is 6.52.